The molecule has 0 unspecified atom stereocenters. The number of hydrogen-bond acceptors (Lipinski definition) is 4. The molecule has 16 rings (SSSR count). The van der Waals surface area contributed by atoms with Crippen molar-refractivity contribution in [3.8, 4) is 211 Å². The van der Waals surface area contributed by atoms with E-state index in [2.05, 4.69) is 217 Å². The second-order valence-corrected chi connectivity index (χ2v) is 28.4. The molecule has 4 heteroatoms. The van der Waals surface area contributed by atoms with Crippen LogP contribution in [0.2, 0.25) is 0 Å². The summed E-state index contributed by atoms with van der Waals surface area (Å²) >= 11 is 0. The fraction of sp³-hybridized carbons (Fsp3) is 0.129. The number of phenolic OH excluding ortho intramolecular Hbond substituents is 4. The lowest BCUT2D eigenvalue weighted by Gasteiger charge is -2.37. The van der Waals surface area contributed by atoms with Crippen molar-refractivity contribution in [3.63, 3.8) is 0 Å². The molecule has 12 aromatic carbocycles. The minimum absolute atomic E-state index is 0.152. The van der Waals surface area contributed by atoms with Gasteiger partial charge in [0.15, 0.2) is 0 Å². The molecule has 0 atom stereocenters. The molecule has 4 N–H and O–H groups in total. The number of benzene rings is 12. The van der Waals surface area contributed by atoms with Gasteiger partial charge in [-0.2, -0.15) is 0 Å². The normalized spacial score (nSPS) is 14.0. The van der Waals surface area contributed by atoms with Crippen molar-refractivity contribution in [1.82, 2.24) is 0 Å². The zero-order chi connectivity index (χ0) is 72.6. The van der Waals surface area contributed by atoms with Gasteiger partial charge in [-0.15, -0.1) is 98.8 Å². The Labute approximate surface area is 615 Å². The standard InChI is InChI=1S/C101H68O4/c1-9-49-97(50-10-2)89-57-69(25-41-81(89)85-45-37-77(102)61-93(85)97)65-17-29-73(30-18-65)101(74-31-19-66(20-32-74)70-26-42-82-86-46-38-78(103)62-94(86)98(51-11-3,52-12-4)90(82)58-70,75-33-21-67(22-34-75)71-27-43-83-87-47-39-79(104)63-95(87)99(53-13-5,54-14-6)91(83)59-71)76-35-23-68(24-36-76)72-28-44-84-88-48-40-80(105)64-96(88)100(55-15-7,56-16-8)92(84)60-72/h1-8,17-48,57-64,102-105H,49-56H2. The molecule has 0 spiro atoms. The van der Waals surface area contributed by atoms with Gasteiger partial charge in [-0.25, -0.2) is 0 Å². The van der Waals surface area contributed by atoms with E-state index in [4.69, 9.17) is 51.4 Å². The van der Waals surface area contributed by atoms with Gasteiger partial charge in [-0.05, 0) is 229 Å². The van der Waals surface area contributed by atoms with E-state index in [0.717, 1.165) is 156 Å². The highest BCUT2D eigenvalue weighted by Gasteiger charge is 2.48. The first-order valence-electron chi connectivity index (χ1n) is 35.1. The van der Waals surface area contributed by atoms with E-state index in [0.29, 0.717) is 51.4 Å². The summed E-state index contributed by atoms with van der Waals surface area (Å²) in [6.45, 7) is 0. The van der Waals surface area contributed by atoms with Gasteiger partial charge in [0.25, 0.3) is 0 Å². The van der Waals surface area contributed by atoms with Crippen molar-refractivity contribution in [1.29, 1.82) is 0 Å². The third kappa shape index (κ3) is 9.93. The van der Waals surface area contributed by atoms with Crippen LogP contribution < -0.4 is 0 Å². The molecule has 0 radical (unpaired) electrons. The van der Waals surface area contributed by atoms with Gasteiger partial charge in [-0.1, -0.05) is 170 Å². The maximum atomic E-state index is 10.9. The van der Waals surface area contributed by atoms with Gasteiger partial charge >= 0.3 is 0 Å². The van der Waals surface area contributed by atoms with Crippen LogP contribution in [0.3, 0.4) is 0 Å². The van der Waals surface area contributed by atoms with Crippen molar-refractivity contribution in [2.24, 2.45) is 0 Å². The van der Waals surface area contributed by atoms with Crippen molar-refractivity contribution >= 4 is 0 Å². The van der Waals surface area contributed by atoms with Crippen molar-refractivity contribution in [2.45, 2.75) is 78.4 Å². The summed E-state index contributed by atoms with van der Waals surface area (Å²) in [4.78, 5) is 0. The van der Waals surface area contributed by atoms with Gasteiger partial charge in [-0.3, -0.25) is 0 Å². The number of fused-ring (bicyclic) bond motifs is 12. The number of terminal acetylenes is 8. The van der Waals surface area contributed by atoms with Crippen molar-refractivity contribution in [3.05, 3.63) is 309 Å². The lowest BCUT2D eigenvalue weighted by molar-refractivity contribution is 0.470. The quantitative estimate of drug-likeness (QED) is 0.0574. The Hall–Kier alpha value is -13.7. The predicted octanol–water partition coefficient (Wildman–Crippen LogP) is 20.8. The molecule has 0 aliphatic heterocycles. The zero-order valence-corrected chi connectivity index (χ0v) is 57.7. The monoisotopic (exact) mass is 1340 g/mol. The molecule has 0 fully saturated rings. The van der Waals surface area contributed by atoms with E-state index < -0.39 is 27.1 Å². The number of aromatic hydroxyl groups is 4. The van der Waals surface area contributed by atoms with Crippen LogP contribution in [0.1, 0.15) is 118 Å². The van der Waals surface area contributed by atoms with Crippen LogP contribution in [0, 0.1) is 98.8 Å². The number of phenols is 4. The van der Waals surface area contributed by atoms with Gasteiger partial charge in [0, 0.05) is 73.0 Å². The Bertz CT molecular complexity index is 5190. The van der Waals surface area contributed by atoms with E-state index in [1.807, 2.05) is 48.5 Å². The Morgan fingerprint density at radius 3 is 0.524 bits per heavy atom. The lowest BCUT2D eigenvalue weighted by atomic mass is 9.64. The summed E-state index contributed by atoms with van der Waals surface area (Å²) < 4.78 is 0. The summed E-state index contributed by atoms with van der Waals surface area (Å²) in [6, 6.07) is 83.5. The number of rotatable bonds is 16. The molecule has 12 aromatic rings. The van der Waals surface area contributed by atoms with Gasteiger partial charge in [0.1, 0.15) is 23.0 Å². The second kappa shape index (κ2) is 25.4. The average molecular weight is 1350 g/mol. The highest BCUT2D eigenvalue weighted by atomic mass is 16.3. The Kier molecular flexibility index (Phi) is 16.0. The molecule has 496 valence electrons. The molecule has 0 saturated carbocycles. The first kappa shape index (κ1) is 65.9. The summed E-state index contributed by atoms with van der Waals surface area (Å²) in [6.07, 6.45) is 52.5. The van der Waals surface area contributed by atoms with E-state index in [9.17, 15) is 20.4 Å². The largest absolute Gasteiger partial charge is 0.508 e. The van der Waals surface area contributed by atoms with Gasteiger partial charge < -0.3 is 20.4 Å². The Morgan fingerprint density at radius 2 is 0.352 bits per heavy atom. The molecule has 105 heavy (non-hydrogen) atoms. The smallest absolute Gasteiger partial charge is 0.115 e. The second-order valence-electron chi connectivity index (χ2n) is 28.4. The van der Waals surface area contributed by atoms with Crippen LogP contribution >= 0.6 is 0 Å². The van der Waals surface area contributed by atoms with E-state index in [1.165, 1.54) is 0 Å². The molecule has 0 bridgehead atoms. The first-order chi connectivity index (χ1) is 51.2. The Morgan fingerprint density at radius 1 is 0.200 bits per heavy atom. The third-order valence-electron chi connectivity index (χ3n) is 23.2. The van der Waals surface area contributed by atoms with Crippen LogP contribution in [-0.4, -0.2) is 20.4 Å². The Balaban J connectivity index is 0.891. The molecule has 0 saturated heterocycles. The molecule has 4 nitrogen and oxygen atoms in total. The topological polar surface area (TPSA) is 80.9 Å². The van der Waals surface area contributed by atoms with Crippen molar-refractivity contribution in [2.75, 3.05) is 0 Å². The summed E-state index contributed by atoms with van der Waals surface area (Å²) in [5.74, 6) is 24.2. The molecular formula is C101H68O4. The maximum Gasteiger partial charge on any atom is 0.115 e. The average Bonchev–Trinajstić information content (AvgIpc) is 1.63. The molecule has 0 amide bonds. The first-order valence-corrected chi connectivity index (χ1v) is 35.1. The summed E-state index contributed by atoms with van der Waals surface area (Å²) in [5.41, 5.74) is 23.8. The summed E-state index contributed by atoms with van der Waals surface area (Å²) in [5, 5.41) is 43.6. The molecule has 0 heterocycles. The molecular weight excluding hydrogens is 1280 g/mol. The van der Waals surface area contributed by atoms with E-state index >= 15 is 0 Å². The van der Waals surface area contributed by atoms with Crippen molar-refractivity contribution < 1.29 is 20.4 Å². The van der Waals surface area contributed by atoms with Crippen LogP contribution in [0.5, 0.6) is 23.0 Å². The fourth-order valence-corrected chi connectivity index (χ4v) is 18.5. The van der Waals surface area contributed by atoms with E-state index in [-0.39, 0.29) is 23.0 Å². The van der Waals surface area contributed by atoms with Crippen LogP contribution in [-0.2, 0) is 27.1 Å². The van der Waals surface area contributed by atoms with Crippen LogP contribution in [0.15, 0.2) is 243 Å². The zero-order valence-electron chi connectivity index (χ0n) is 57.7. The highest BCUT2D eigenvalue weighted by molar-refractivity contribution is 5.90. The minimum Gasteiger partial charge on any atom is -0.508 e. The fourth-order valence-electron chi connectivity index (χ4n) is 18.5. The highest BCUT2D eigenvalue weighted by Crippen LogP contribution is 2.60. The third-order valence-corrected chi connectivity index (χ3v) is 23.2. The van der Waals surface area contributed by atoms with Crippen LogP contribution in [0.25, 0.3) is 89.0 Å². The van der Waals surface area contributed by atoms with Gasteiger partial charge in [0.05, 0.1) is 5.41 Å². The minimum atomic E-state index is -1.02. The SMILES string of the molecule is C#CCC1(CC#C)c2cc(O)ccc2-c2ccc(-c3ccc(C(c4ccc(-c5ccc6c(c5)C(CC#C)(CC#C)c5cc(O)ccc5-6)cc4)(c4ccc(-c5ccc6c(c5)C(CC#C)(CC#C)c5cc(O)ccc5-6)cc4)c4ccc(-c5ccc6c(c5)C(CC#C)(CC#C)c5cc(O)ccc5-6)cc4)cc3)cc21. The lowest BCUT2D eigenvalue weighted by Crippen LogP contribution is -2.31. The molecule has 4 aliphatic carbocycles. The van der Waals surface area contributed by atoms with Gasteiger partial charge in [0.2, 0.25) is 0 Å². The molecule has 0 aromatic heterocycles. The predicted molar refractivity (Wildman–Crippen MR) is 426 cm³/mol. The number of hydrogen-bond donors (Lipinski definition) is 4. The van der Waals surface area contributed by atoms with Crippen LogP contribution in [0.4, 0.5) is 0 Å². The molecule has 4 aliphatic rings. The summed E-state index contributed by atoms with van der Waals surface area (Å²) in [7, 11) is 0. The van der Waals surface area contributed by atoms with E-state index in [1.54, 1.807) is 24.3 Å². The maximum absolute atomic E-state index is 10.9.